The highest BCUT2D eigenvalue weighted by molar-refractivity contribution is 14.0. The number of carbonyl (C=O) groups is 2. The molecule has 0 saturated carbocycles. The second-order valence-corrected chi connectivity index (χ2v) is 8.02. The van der Waals surface area contributed by atoms with Crippen LogP contribution in [-0.2, 0) is 6.54 Å². The van der Waals surface area contributed by atoms with E-state index in [1.54, 1.807) is 35.6 Å². The van der Waals surface area contributed by atoms with Crippen molar-refractivity contribution in [2.45, 2.75) is 33.2 Å². The largest absolute Gasteiger partial charge is 0.357 e. The van der Waals surface area contributed by atoms with Crippen molar-refractivity contribution in [3.8, 4) is 0 Å². The molecule has 0 unspecified atom stereocenters. The number of aliphatic imine (C=N–C) groups is 1. The van der Waals surface area contributed by atoms with Crippen molar-refractivity contribution in [3.63, 3.8) is 0 Å². The maximum atomic E-state index is 12.3. The predicted molar refractivity (Wildman–Crippen MR) is 128 cm³/mol. The third-order valence-corrected chi connectivity index (χ3v) is 5.50. The van der Waals surface area contributed by atoms with E-state index in [1.165, 1.54) is 14.7 Å². The minimum atomic E-state index is -0.185. The van der Waals surface area contributed by atoms with Crippen molar-refractivity contribution in [1.82, 2.24) is 15.5 Å². The molecule has 29 heavy (non-hydrogen) atoms. The van der Waals surface area contributed by atoms with Crippen molar-refractivity contribution in [2.24, 2.45) is 4.99 Å². The Morgan fingerprint density at radius 1 is 1.03 bits per heavy atom. The van der Waals surface area contributed by atoms with Gasteiger partial charge in [0.15, 0.2) is 5.96 Å². The number of imide groups is 1. The van der Waals surface area contributed by atoms with Gasteiger partial charge in [-0.3, -0.25) is 14.5 Å². The van der Waals surface area contributed by atoms with Gasteiger partial charge in [-0.1, -0.05) is 12.1 Å². The first-order valence-corrected chi connectivity index (χ1v) is 10.4. The first kappa shape index (κ1) is 23.3. The molecule has 1 aliphatic rings. The number of hydrogen-bond donors (Lipinski definition) is 2. The molecule has 0 atom stereocenters. The summed E-state index contributed by atoms with van der Waals surface area (Å²) in [7, 11) is 0. The topological polar surface area (TPSA) is 73.8 Å². The van der Waals surface area contributed by atoms with Gasteiger partial charge in [-0.05, 0) is 51.0 Å². The molecule has 2 amide bonds. The third kappa shape index (κ3) is 6.02. The summed E-state index contributed by atoms with van der Waals surface area (Å²) in [5.41, 5.74) is 1.02. The van der Waals surface area contributed by atoms with Crippen LogP contribution in [0.4, 0.5) is 0 Å². The molecule has 1 aliphatic heterocycles. The summed E-state index contributed by atoms with van der Waals surface area (Å²) in [6.07, 6.45) is 1.60. The Labute approximate surface area is 192 Å². The van der Waals surface area contributed by atoms with Crippen LogP contribution in [0.2, 0.25) is 0 Å². The number of halogens is 1. The summed E-state index contributed by atoms with van der Waals surface area (Å²) in [5.74, 6) is 0.415. The summed E-state index contributed by atoms with van der Waals surface area (Å²) in [6, 6.07) is 11.2. The molecule has 0 aliphatic carbocycles. The predicted octanol–water partition coefficient (Wildman–Crippen LogP) is 3.81. The standard InChI is InChI=1S/C21H26N4O2S.HI/c1-3-22-21(24-14-16-11-10-15(2)28-16)23-12-6-7-13-25-19(26)17-8-4-5-9-18(17)20(25)27;/h4-5,8-11H,3,6-7,12-14H2,1-2H3,(H2,22,23,24);1H. The molecule has 8 heteroatoms. The molecular weight excluding hydrogens is 499 g/mol. The number of thiophene rings is 1. The first-order valence-electron chi connectivity index (χ1n) is 9.63. The van der Waals surface area contributed by atoms with Gasteiger partial charge in [0.1, 0.15) is 0 Å². The van der Waals surface area contributed by atoms with Gasteiger partial charge in [0.25, 0.3) is 11.8 Å². The van der Waals surface area contributed by atoms with Gasteiger partial charge in [-0.15, -0.1) is 35.3 Å². The van der Waals surface area contributed by atoms with E-state index in [-0.39, 0.29) is 35.8 Å². The molecule has 0 saturated heterocycles. The summed E-state index contributed by atoms with van der Waals surface area (Å²) in [6.45, 7) is 6.76. The summed E-state index contributed by atoms with van der Waals surface area (Å²) in [5, 5.41) is 6.56. The number of guanidine groups is 1. The molecule has 0 fully saturated rings. The highest BCUT2D eigenvalue weighted by Gasteiger charge is 2.34. The summed E-state index contributed by atoms with van der Waals surface area (Å²) >= 11 is 1.76. The van der Waals surface area contributed by atoms with Crippen molar-refractivity contribution >= 4 is 53.1 Å². The molecule has 1 aromatic carbocycles. The Morgan fingerprint density at radius 2 is 1.72 bits per heavy atom. The van der Waals surface area contributed by atoms with Crippen LogP contribution in [0.25, 0.3) is 0 Å². The zero-order chi connectivity index (χ0) is 19.9. The Morgan fingerprint density at radius 3 is 2.31 bits per heavy atom. The Kier molecular flexibility index (Phi) is 9.09. The van der Waals surface area contributed by atoms with E-state index < -0.39 is 0 Å². The van der Waals surface area contributed by atoms with E-state index in [4.69, 9.17) is 0 Å². The van der Waals surface area contributed by atoms with Crippen LogP contribution < -0.4 is 10.6 Å². The lowest BCUT2D eigenvalue weighted by atomic mass is 10.1. The van der Waals surface area contributed by atoms with E-state index in [0.29, 0.717) is 24.2 Å². The minimum Gasteiger partial charge on any atom is -0.357 e. The van der Waals surface area contributed by atoms with Crippen LogP contribution in [0.15, 0.2) is 41.4 Å². The fourth-order valence-corrected chi connectivity index (χ4v) is 3.93. The molecule has 3 rings (SSSR count). The lowest BCUT2D eigenvalue weighted by molar-refractivity contribution is 0.0652. The average molecular weight is 526 g/mol. The Bertz CT molecular complexity index is 846. The number of aryl methyl sites for hydroxylation is 1. The van der Waals surface area contributed by atoms with Gasteiger partial charge in [0.05, 0.1) is 17.7 Å². The van der Waals surface area contributed by atoms with Crippen molar-refractivity contribution in [1.29, 1.82) is 0 Å². The van der Waals surface area contributed by atoms with Gasteiger partial charge in [0, 0.05) is 29.4 Å². The smallest absolute Gasteiger partial charge is 0.261 e. The number of carbonyl (C=O) groups excluding carboxylic acids is 2. The number of hydrogen-bond acceptors (Lipinski definition) is 4. The second kappa shape index (κ2) is 11.3. The number of rotatable bonds is 8. The fourth-order valence-electron chi connectivity index (χ4n) is 3.11. The van der Waals surface area contributed by atoms with Crippen LogP contribution in [0.1, 0.15) is 50.2 Å². The van der Waals surface area contributed by atoms with Crippen LogP contribution >= 0.6 is 35.3 Å². The van der Waals surface area contributed by atoms with Gasteiger partial charge < -0.3 is 10.6 Å². The molecule has 156 valence electrons. The van der Waals surface area contributed by atoms with E-state index >= 15 is 0 Å². The van der Waals surface area contributed by atoms with Crippen molar-refractivity contribution in [2.75, 3.05) is 19.6 Å². The second-order valence-electron chi connectivity index (χ2n) is 6.65. The Hall–Kier alpha value is -1.94. The van der Waals surface area contributed by atoms with E-state index in [2.05, 4.69) is 34.7 Å². The maximum absolute atomic E-state index is 12.3. The average Bonchev–Trinajstić information content (AvgIpc) is 3.22. The molecule has 6 nitrogen and oxygen atoms in total. The molecule has 0 radical (unpaired) electrons. The molecule has 1 aromatic heterocycles. The highest BCUT2D eigenvalue weighted by atomic mass is 127. The molecule has 0 spiro atoms. The molecule has 2 aromatic rings. The zero-order valence-corrected chi connectivity index (χ0v) is 19.9. The van der Waals surface area contributed by atoms with Gasteiger partial charge in [-0.25, -0.2) is 4.99 Å². The van der Waals surface area contributed by atoms with Crippen LogP contribution in [-0.4, -0.2) is 42.3 Å². The first-order chi connectivity index (χ1) is 13.6. The number of unbranched alkanes of at least 4 members (excludes halogenated alkanes) is 1. The SMILES string of the molecule is CCNC(=NCc1ccc(C)s1)NCCCCN1C(=O)c2ccccc2C1=O.I. The summed E-state index contributed by atoms with van der Waals surface area (Å²) < 4.78 is 0. The number of nitrogens with zero attached hydrogens (tertiary/aromatic N) is 2. The number of amides is 2. The number of nitrogens with one attached hydrogen (secondary N) is 2. The van der Waals surface area contributed by atoms with E-state index in [0.717, 1.165) is 31.9 Å². The van der Waals surface area contributed by atoms with E-state index in [1.807, 2.05) is 6.92 Å². The number of benzene rings is 1. The van der Waals surface area contributed by atoms with Crippen molar-refractivity contribution in [3.05, 3.63) is 57.3 Å². The molecule has 2 N–H and O–H groups in total. The third-order valence-electron chi connectivity index (χ3n) is 4.51. The maximum Gasteiger partial charge on any atom is 0.261 e. The molecule has 0 bridgehead atoms. The normalized spacial score (nSPS) is 13.3. The van der Waals surface area contributed by atoms with Gasteiger partial charge >= 0.3 is 0 Å². The van der Waals surface area contributed by atoms with Crippen LogP contribution in [0.5, 0.6) is 0 Å². The van der Waals surface area contributed by atoms with Crippen molar-refractivity contribution < 1.29 is 9.59 Å². The fraction of sp³-hybridized carbons (Fsp3) is 0.381. The number of fused-ring (bicyclic) bond motifs is 1. The monoisotopic (exact) mass is 526 g/mol. The summed E-state index contributed by atoms with van der Waals surface area (Å²) in [4.78, 5) is 33.2. The highest BCUT2D eigenvalue weighted by Crippen LogP contribution is 2.22. The van der Waals surface area contributed by atoms with Gasteiger partial charge in [-0.2, -0.15) is 0 Å². The van der Waals surface area contributed by atoms with Crippen LogP contribution in [0, 0.1) is 6.92 Å². The van der Waals surface area contributed by atoms with Crippen LogP contribution in [0.3, 0.4) is 0 Å². The Balaban J connectivity index is 0.00000300. The quantitative estimate of drug-likeness (QED) is 0.181. The minimum absolute atomic E-state index is 0. The van der Waals surface area contributed by atoms with E-state index in [9.17, 15) is 9.59 Å². The lowest BCUT2D eigenvalue weighted by Gasteiger charge is -2.14. The van der Waals surface area contributed by atoms with Gasteiger partial charge in [0.2, 0.25) is 0 Å². The lowest BCUT2D eigenvalue weighted by Crippen LogP contribution is -2.38. The molecular formula is C21H27IN4O2S. The molecule has 2 heterocycles. The zero-order valence-electron chi connectivity index (χ0n) is 16.7.